The van der Waals surface area contributed by atoms with Crippen LogP contribution in [0.25, 0.3) is 0 Å². The number of carbonyl (C=O) groups is 3. The second-order valence-corrected chi connectivity index (χ2v) is 5.42. The summed E-state index contributed by atoms with van der Waals surface area (Å²) in [6.07, 6.45) is 0.355. The van der Waals surface area contributed by atoms with E-state index in [0.717, 1.165) is 0 Å². The summed E-state index contributed by atoms with van der Waals surface area (Å²) >= 11 is 11.8. The minimum absolute atomic E-state index is 0.0517. The Kier molecular flexibility index (Phi) is 5.46. The molecule has 0 spiro atoms. The minimum Gasteiger partial charge on any atom is -0.448 e. The number of ether oxygens (including phenoxy) is 1. The Labute approximate surface area is 141 Å². The maximum absolute atomic E-state index is 12.0. The lowest BCUT2D eigenvalue weighted by molar-refractivity contribution is -0.149. The van der Waals surface area contributed by atoms with Crippen LogP contribution in [-0.4, -0.2) is 23.9 Å². The lowest BCUT2D eigenvalue weighted by Gasteiger charge is -2.18. The Morgan fingerprint density at radius 3 is 2.70 bits per heavy atom. The molecule has 3 N–H and O–H groups in total. The zero-order valence-electron chi connectivity index (χ0n) is 12.0. The lowest BCUT2D eigenvalue weighted by Crippen LogP contribution is -2.43. The standard InChI is InChI=1S/C14H13Cl2N3O4/c1-7(23-14(22)10-5-6-11(20)19-18-10)13(21)17-9-4-2-3-8(15)12(9)16/h2-5,7,18H,6H2,1H3,(H,17,21)(H,19,20)/t7-/m0/s1. The van der Waals surface area contributed by atoms with Gasteiger partial charge < -0.3 is 10.1 Å². The van der Waals surface area contributed by atoms with E-state index in [2.05, 4.69) is 16.2 Å². The van der Waals surface area contributed by atoms with Crippen LogP contribution < -0.4 is 16.2 Å². The molecular weight excluding hydrogens is 345 g/mol. The molecule has 9 heteroatoms. The summed E-state index contributed by atoms with van der Waals surface area (Å²) in [4.78, 5) is 34.9. The normalized spacial score (nSPS) is 14.9. The predicted molar refractivity (Wildman–Crippen MR) is 84.6 cm³/mol. The fourth-order valence-corrected chi connectivity index (χ4v) is 2.03. The van der Waals surface area contributed by atoms with Gasteiger partial charge in [0.25, 0.3) is 5.91 Å². The van der Waals surface area contributed by atoms with Gasteiger partial charge in [0.1, 0.15) is 5.70 Å². The highest BCUT2D eigenvalue weighted by molar-refractivity contribution is 6.44. The van der Waals surface area contributed by atoms with Gasteiger partial charge in [-0.15, -0.1) is 0 Å². The molecule has 0 saturated heterocycles. The summed E-state index contributed by atoms with van der Waals surface area (Å²) in [5.74, 6) is -1.60. The van der Waals surface area contributed by atoms with Gasteiger partial charge in [0.2, 0.25) is 5.91 Å². The van der Waals surface area contributed by atoms with E-state index < -0.39 is 18.0 Å². The monoisotopic (exact) mass is 357 g/mol. The first-order valence-electron chi connectivity index (χ1n) is 6.59. The van der Waals surface area contributed by atoms with Crippen LogP contribution in [-0.2, 0) is 19.1 Å². The van der Waals surface area contributed by atoms with Crippen molar-refractivity contribution in [2.45, 2.75) is 19.4 Å². The summed E-state index contributed by atoms with van der Waals surface area (Å²) in [5, 5.41) is 3.01. The molecule has 1 aromatic carbocycles. The van der Waals surface area contributed by atoms with Gasteiger partial charge in [-0.2, -0.15) is 0 Å². The highest BCUT2D eigenvalue weighted by Crippen LogP contribution is 2.29. The van der Waals surface area contributed by atoms with Gasteiger partial charge >= 0.3 is 5.97 Å². The summed E-state index contributed by atoms with van der Waals surface area (Å²) in [6.45, 7) is 1.41. The smallest absolute Gasteiger partial charge is 0.356 e. The summed E-state index contributed by atoms with van der Waals surface area (Å²) in [6, 6.07) is 4.78. The number of hydrazine groups is 1. The van der Waals surface area contributed by atoms with Crippen LogP contribution in [0, 0.1) is 0 Å². The number of anilines is 1. The molecule has 0 radical (unpaired) electrons. The number of esters is 1. The Morgan fingerprint density at radius 1 is 1.30 bits per heavy atom. The second-order valence-electron chi connectivity index (χ2n) is 4.63. The first kappa shape index (κ1) is 17.1. The van der Waals surface area contributed by atoms with Crippen molar-refractivity contribution < 1.29 is 19.1 Å². The van der Waals surface area contributed by atoms with Gasteiger partial charge in [0.05, 0.1) is 15.7 Å². The molecular formula is C14H13Cl2N3O4. The molecule has 1 aliphatic rings. The van der Waals surface area contributed by atoms with Gasteiger partial charge in [0, 0.05) is 6.42 Å². The Morgan fingerprint density at radius 2 is 2.04 bits per heavy atom. The first-order valence-corrected chi connectivity index (χ1v) is 7.35. The zero-order chi connectivity index (χ0) is 17.0. The average molecular weight is 358 g/mol. The van der Waals surface area contributed by atoms with Crippen LogP contribution in [0.1, 0.15) is 13.3 Å². The molecule has 2 amide bonds. The fourth-order valence-electron chi connectivity index (χ4n) is 1.68. The van der Waals surface area contributed by atoms with Crippen molar-refractivity contribution in [3.05, 3.63) is 40.0 Å². The van der Waals surface area contributed by atoms with Crippen molar-refractivity contribution in [3.63, 3.8) is 0 Å². The Bertz CT molecular complexity index is 691. The van der Waals surface area contributed by atoms with Gasteiger partial charge in [-0.25, -0.2) is 4.79 Å². The van der Waals surface area contributed by atoms with Gasteiger partial charge in [-0.1, -0.05) is 29.3 Å². The molecule has 0 aromatic heterocycles. The molecule has 7 nitrogen and oxygen atoms in total. The minimum atomic E-state index is -1.07. The number of nitrogens with one attached hydrogen (secondary N) is 3. The van der Waals surface area contributed by atoms with E-state index in [1.165, 1.54) is 13.0 Å². The molecule has 1 aliphatic heterocycles. The van der Waals surface area contributed by atoms with Crippen molar-refractivity contribution in [1.82, 2.24) is 10.9 Å². The molecule has 0 aliphatic carbocycles. The van der Waals surface area contributed by atoms with Crippen LogP contribution >= 0.6 is 23.2 Å². The highest BCUT2D eigenvalue weighted by atomic mass is 35.5. The quantitative estimate of drug-likeness (QED) is 0.713. The molecule has 1 heterocycles. The highest BCUT2D eigenvalue weighted by Gasteiger charge is 2.23. The molecule has 23 heavy (non-hydrogen) atoms. The molecule has 1 aromatic rings. The maximum atomic E-state index is 12.0. The molecule has 2 rings (SSSR count). The largest absolute Gasteiger partial charge is 0.448 e. The summed E-state index contributed by atoms with van der Waals surface area (Å²) in [7, 11) is 0. The average Bonchev–Trinajstić information content (AvgIpc) is 2.52. The van der Waals surface area contributed by atoms with Gasteiger partial charge in [-0.05, 0) is 25.1 Å². The molecule has 1 atom stereocenters. The van der Waals surface area contributed by atoms with Crippen molar-refractivity contribution in [3.8, 4) is 0 Å². The SMILES string of the molecule is C[C@H](OC(=O)C1=CCC(=O)NN1)C(=O)Nc1cccc(Cl)c1Cl. The van der Waals surface area contributed by atoms with Crippen LogP contribution in [0.5, 0.6) is 0 Å². The summed E-state index contributed by atoms with van der Waals surface area (Å²) < 4.78 is 5.02. The van der Waals surface area contributed by atoms with Crippen LogP contribution in [0.3, 0.4) is 0 Å². The number of hydrogen-bond acceptors (Lipinski definition) is 5. The lowest BCUT2D eigenvalue weighted by atomic mass is 10.2. The second kappa shape index (κ2) is 7.34. The third kappa shape index (κ3) is 4.37. The third-order valence-corrected chi connectivity index (χ3v) is 3.73. The number of benzene rings is 1. The predicted octanol–water partition coefficient (Wildman–Crippen LogP) is 1.77. The number of hydrogen-bond donors (Lipinski definition) is 3. The fraction of sp³-hybridized carbons (Fsp3) is 0.214. The molecule has 0 saturated carbocycles. The first-order chi connectivity index (χ1) is 10.9. The van der Waals surface area contributed by atoms with E-state index in [1.54, 1.807) is 18.2 Å². The number of carbonyl (C=O) groups excluding carboxylic acids is 3. The van der Waals surface area contributed by atoms with E-state index >= 15 is 0 Å². The molecule has 0 bridgehead atoms. The van der Waals surface area contributed by atoms with Gasteiger partial charge in [-0.3, -0.25) is 20.4 Å². The molecule has 0 fully saturated rings. The zero-order valence-corrected chi connectivity index (χ0v) is 13.5. The van der Waals surface area contributed by atoms with E-state index in [9.17, 15) is 14.4 Å². The number of halogens is 2. The molecule has 122 valence electrons. The van der Waals surface area contributed by atoms with Gasteiger partial charge in [0.15, 0.2) is 6.10 Å². The maximum Gasteiger partial charge on any atom is 0.356 e. The van der Waals surface area contributed by atoms with E-state index in [-0.39, 0.29) is 23.0 Å². The van der Waals surface area contributed by atoms with E-state index in [4.69, 9.17) is 27.9 Å². The van der Waals surface area contributed by atoms with E-state index in [0.29, 0.717) is 10.7 Å². The third-order valence-electron chi connectivity index (χ3n) is 2.91. The Hall–Kier alpha value is -2.25. The van der Waals surface area contributed by atoms with Crippen molar-refractivity contribution in [2.24, 2.45) is 0 Å². The topological polar surface area (TPSA) is 96.5 Å². The Balaban J connectivity index is 1.96. The van der Waals surface area contributed by atoms with E-state index in [1.807, 2.05) is 0 Å². The summed E-state index contributed by atoms with van der Waals surface area (Å²) in [5.41, 5.74) is 5.05. The number of amides is 2. The van der Waals surface area contributed by atoms with Crippen LogP contribution in [0.4, 0.5) is 5.69 Å². The van der Waals surface area contributed by atoms with Crippen molar-refractivity contribution in [1.29, 1.82) is 0 Å². The van der Waals surface area contributed by atoms with Crippen LogP contribution in [0.2, 0.25) is 10.0 Å². The number of rotatable bonds is 4. The molecule has 0 unspecified atom stereocenters. The van der Waals surface area contributed by atoms with Crippen LogP contribution in [0.15, 0.2) is 30.0 Å². The van der Waals surface area contributed by atoms with Crippen molar-refractivity contribution >= 4 is 46.7 Å². The van der Waals surface area contributed by atoms with Crippen molar-refractivity contribution in [2.75, 3.05) is 5.32 Å².